The van der Waals surface area contributed by atoms with Crippen molar-refractivity contribution in [3.8, 4) is 22.5 Å². The number of fused-ring (bicyclic) bond motifs is 1. The molecule has 2 aromatic heterocycles. The second kappa shape index (κ2) is 8.99. The average molecular weight is 389 g/mol. The Morgan fingerprint density at radius 1 is 1.00 bits per heavy atom. The van der Waals surface area contributed by atoms with Crippen molar-refractivity contribution in [1.82, 2.24) is 15.0 Å². The number of hydrogen-bond donors (Lipinski definition) is 2. The number of nitrogens with one attached hydrogen (secondary N) is 1. The molecule has 29 heavy (non-hydrogen) atoms. The highest BCUT2D eigenvalue weighted by Crippen LogP contribution is 2.30. The second-order valence-corrected chi connectivity index (χ2v) is 5.97. The Bertz CT molecular complexity index is 1150. The standard InChI is InChI=1S/C21H15FN4O.CH5N/c1-23-21-17-10-14(13-4-6-18(22)16(9-13)12-27)5-7-19(17)25-20(26-21)15-3-2-8-24-11-15;1-2/h2-12H,1H3,(H,23,25,26);2H2,1H3. The maximum Gasteiger partial charge on any atom is 0.163 e. The minimum absolute atomic E-state index is 0.0320. The van der Waals surface area contributed by atoms with E-state index in [0.29, 0.717) is 17.9 Å². The molecular weight excluding hydrogens is 369 g/mol. The minimum Gasteiger partial charge on any atom is -0.373 e. The first-order valence-electron chi connectivity index (χ1n) is 8.92. The molecule has 146 valence electrons. The molecule has 7 heteroatoms. The van der Waals surface area contributed by atoms with E-state index in [1.54, 1.807) is 25.5 Å². The maximum absolute atomic E-state index is 13.6. The lowest BCUT2D eigenvalue weighted by molar-refractivity contribution is 0.112. The summed E-state index contributed by atoms with van der Waals surface area (Å²) in [5, 5.41) is 3.94. The molecule has 0 fully saturated rings. The first-order valence-corrected chi connectivity index (χ1v) is 8.92. The Hall–Kier alpha value is -3.71. The number of carbonyl (C=O) groups is 1. The van der Waals surface area contributed by atoms with E-state index in [0.717, 1.165) is 27.6 Å². The molecule has 0 atom stereocenters. The maximum atomic E-state index is 13.6. The van der Waals surface area contributed by atoms with Crippen LogP contribution in [0.25, 0.3) is 33.4 Å². The molecule has 0 aliphatic heterocycles. The summed E-state index contributed by atoms with van der Waals surface area (Å²) in [6, 6.07) is 13.9. The minimum atomic E-state index is -0.533. The van der Waals surface area contributed by atoms with E-state index in [4.69, 9.17) is 0 Å². The summed E-state index contributed by atoms with van der Waals surface area (Å²) in [6.07, 6.45) is 3.93. The number of aldehydes is 1. The van der Waals surface area contributed by atoms with Gasteiger partial charge in [-0.15, -0.1) is 0 Å². The highest BCUT2D eigenvalue weighted by atomic mass is 19.1. The smallest absolute Gasteiger partial charge is 0.163 e. The van der Waals surface area contributed by atoms with Crippen molar-refractivity contribution in [2.24, 2.45) is 5.73 Å². The van der Waals surface area contributed by atoms with Crippen LogP contribution >= 0.6 is 0 Å². The van der Waals surface area contributed by atoms with Crippen LogP contribution in [-0.4, -0.2) is 35.3 Å². The molecule has 2 aromatic carbocycles. The number of anilines is 1. The number of halogens is 1. The van der Waals surface area contributed by atoms with Crippen molar-refractivity contribution in [3.05, 3.63) is 72.3 Å². The van der Waals surface area contributed by atoms with Crippen LogP contribution in [0.15, 0.2) is 60.9 Å². The molecule has 0 radical (unpaired) electrons. The highest BCUT2D eigenvalue weighted by molar-refractivity contribution is 5.94. The lowest BCUT2D eigenvalue weighted by atomic mass is 10.0. The van der Waals surface area contributed by atoms with Gasteiger partial charge in [-0.25, -0.2) is 14.4 Å². The molecule has 0 spiro atoms. The summed E-state index contributed by atoms with van der Waals surface area (Å²) in [6.45, 7) is 0. The SMILES string of the molecule is CN.CNc1nc(-c2cccnc2)nc2ccc(-c3ccc(F)c(C=O)c3)cc12. The van der Waals surface area contributed by atoms with Gasteiger partial charge in [0.2, 0.25) is 0 Å². The van der Waals surface area contributed by atoms with E-state index < -0.39 is 5.82 Å². The van der Waals surface area contributed by atoms with Gasteiger partial charge >= 0.3 is 0 Å². The van der Waals surface area contributed by atoms with Gasteiger partial charge in [0.25, 0.3) is 0 Å². The number of aromatic nitrogens is 3. The van der Waals surface area contributed by atoms with Crippen LogP contribution in [0.2, 0.25) is 0 Å². The van der Waals surface area contributed by atoms with Gasteiger partial charge in [0, 0.05) is 30.4 Å². The van der Waals surface area contributed by atoms with Crippen LogP contribution in [0.1, 0.15) is 10.4 Å². The van der Waals surface area contributed by atoms with Crippen molar-refractivity contribution in [1.29, 1.82) is 0 Å². The fraction of sp³-hybridized carbons (Fsp3) is 0.0909. The first-order chi connectivity index (χ1) is 14.2. The zero-order valence-electron chi connectivity index (χ0n) is 16.1. The van der Waals surface area contributed by atoms with Gasteiger partial charge in [-0.1, -0.05) is 12.1 Å². The van der Waals surface area contributed by atoms with Gasteiger partial charge in [0.1, 0.15) is 11.6 Å². The lowest BCUT2D eigenvalue weighted by Gasteiger charge is -2.10. The molecule has 6 nitrogen and oxygen atoms in total. The van der Waals surface area contributed by atoms with E-state index in [1.807, 2.05) is 30.3 Å². The van der Waals surface area contributed by atoms with Crippen molar-refractivity contribution >= 4 is 23.0 Å². The van der Waals surface area contributed by atoms with E-state index >= 15 is 0 Å². The third-order valence-electron chi connectivity index (χ3n) is 4.31. The van der Waals surface area contributed by atoms with Crippen molar-refractivity contribution in [2.75, 3.05) is 19.4 Å². The number of hydrogen-bond acceptors (Lipinski definition) is 6. The van der Waals surface area contributed by atoms with Crippen LogP contribution in [0.5, 0.6) is 0 Å². The molecule has 0 amide bonds. The van der Waals surface area contributed by atoms with E-state index in [-0.39, 0.29) is 5.56 Å². The summed E-state index contributed by atoms with van der Waals surface area (Å²) in [4.78, 5) is 24.4. The van der Waals surface area contributed by atoms with Gasteiger partial charge in [-0.3, -0.25) is 9.78 Å². The van der Waals surface area contributed by atoms with Crippen molar-refractivity contribution < 1.29 is 9.18 Å². The predicted octanol–water partition coefficient (Wildman–Crippen LogP) is 3.93. The van der Waals surface area contributed by atoms with Crippen molar-refractivity contribution in [2.45, 2.75) is 0 Å². The molecule has 2 heterocycles. The molecule has 4 aromatic rings. The molecule has 3 N–H and O–H groups in total. The van der Waals surface area contributed by atoms with Crippen LogP contribution in [-0.2, 0) is 0 Å². The van der Waals surface area contributed by atoms with Gasteiger partial charge in [0.15, 0.2) is 12.1 Å². The number of nitrogens with zero attached hydrogens (tertiary/aromatic N) is 3. The second-order valence-electron chi connectivity index (χ2n) is 5.97. The summed E-state index contributed by atoms with van der Waals surface area (Å²) in [5.41, 5.74) is 7.73. The van der Waals surface area contributed by atoms with Crippen LogP contribution in [0, 0.1) is 5.82 Å². The van der Waals surface area contributed by atoms with Gasteiger partial charge in [-0.2, -0.15) is 0 Å². The summed E-state index contributed by atoms with van der Waals surface area (Å²) >= 11 is 0. The van der Waals surface area contributed by atoms with E-state index in [1.165, 1.54) is 19.2 Å². The molecule has 0 bridgehead atoms. The Balaban J connectivity index is 0.00000117. The molecule has 0 unspecified atom stereocenters. The number of carbonyl (C=O) groups excluding carboxylic acids is 1. The lowest BCUT2D eigenvalue weighted by Crippen LogP contribution is -1.99. The number of rotatable bonds is 4. The fourth-order valence-electron chi connectivity index (χ4n) is 2.94. The molecule has 0 aliphatic carbocycles. The summed E-state index contributed by atoms with van der Waals surface area (Å²) in [7, 11) is 3.30. The zero-order chi connectivity index (χ0) is 20.8. The number of nitrogens with two attached hydrogens (primary N) is 1. The Kier molecular flexibility index (Phi) is 6.21. The highest BCUT2D eigenvalue weighted by Gasteiger charge is 2.11. The topological polar surface area (TPSA) is 93.8 Å². The quantitative estimate of drug-likeness (QED) is 0.514. The molecule has 0 saturated carbocycles. The third-order valence-corrected chi connectivity index (χ3v) is 4.31. The molecule has 4 rings (SSSR count). The molecule has 0 aliphatic rings. The fourth-order valence-corrected chi connectivity index (χ4v) is 2.94. The number of pyridine rings is 1. The van der Waals surface area contributed by atoms with E-state index in [2.05, 4.69) is 26.0 Å². The molecule has 0 saturated heterocycles. The first kappa shape index (κ1) is 20.0. The summed E-state index contributed by atoms with van der Waals surface area (Å²) in [5.74, 6) is 0.728. The predicted molar refractivity (Wildman–Crippen MR) is 113 cm³/mol. The average Bonchev–Trinajstić information content (AvgIpc) is 2.80. The van der Waals surface area contributed by atoms with Crippen LogP contribution in [0.3, 0.4) is 0 Å². The monoisotopic (exact) mass is 389 g/mol. The normalized spacial score (nSPS) is 10.2. The van der Waals surface area contributed by atoms with Crippen molar-refractivity contribution in [3.63, 3.8) is 0 Å². The Morgan fingerprint density at radius 2 is 1.76 bits per heavy atom. The zero-order valence-corrected chi connectivity index (χ0v) is 16.1. The number of benzene rings is 2. The Labute approximate surface area is 167 Å². The Morgan fingerprint density at radius 3 is 2.45 bits per heavy atom. The molecular formula is C22H20FN5O. The largest absolute Gasteiger partial charge is 0.373 e. The van der Waals surface area contributed by atoms with Gasteiger partial charge < -0.3 is 11.1 Å². The van der Waals surface area contributed by atoms with Crippen LogP contribution < -0.4 is 11.1 Å². The summed E-state index contributed by atoms with van der Waals surface area (Å²) < 4.78 is 13.6. The van der Waals surface area contributed by atoms with Gasteiger partial charge in [-0.05, 0) is 54.6 Å². The van der Waals surface area contributed by atoms with Gasteiger partial charge in [0.05, 0.1) is 11.1 Å². The van der Waals surface area contributed by atoms with Crippen LogP contribution in [0.4, 0.5) is 10.2 Å². The van der Waals surface area contributed by atoms with E-state index in [9.17, 15) is 9.18 Å². The third kappa shape index (κ3) is 4.09.